The lowest BCUT2D eigenvalue weighted by Crippen LogP contribution is -2.08. The monoisotopic (exact) mass is 322 g/mol. The van der Waals surface area contributed by atoms with Crippen molar-refractivity contribution in [1.29, 1.82) is 0 Å². The molecule has 2 rings (SSSR count). The minimum Gasteiger partial charge on any atom is -0.465 e. The third-order valence-electron chi connectivity index (χ3n) is 2.73. The number of nitrogens with one attached hydrogen (secondary N) is 1. The lowest BCUT2D eigenvalue weighted by molar-refractivity contribution is -0.384. The number of ether oxygens (including phenoxy) is 1. The van der Waals surface area contributed by atoms with E-state index < -0.39 is 10.9 Å². The van der Waals surface area contributed by atoms with Gasteiger partial charge in [-0.15, -0.1) is 0 Å². The molecule has 0 aromatic carbocycles. The first-order chi connectivity index (χ1) is 10.5. The minimum absolute atomic E-state index is 0.00732. The fourth-order valence-corrected chi connectivity index (χ4v) is 1.77. The minimum atomic E-state index is -0.691. The molecule has 0 spiro atoms. The highest BCUT2D eigenvalue weighted by molar-refractivity contribution is 6.29. The number of hydrogen-bond acceptors (Lipinski definition) is 7. The number of anilines is 1. The summed E-state index contributed by atoms with van der Waals surface area (Å²) in [6.07, 6.45) is 2.76. The Morgan fingerprint density at radius 2 is 2.18 bits per heavy atom. The molecule has 0 aliphatic heterocycles. The van der Waals surface area contributed by atoms with E-state index in [2.05, 4.69) is 20.0 Å². The van der Waals surface area contributed by atoms with Gasteiger partial charge in [0.05, 0.1) is 17.6 Å². The quantitative estimate of drug-likeness (QED) is 0.390. The van der Waals surface area contributed by atoms with E-state index in [1.807, 2.05) is 0 Å². The average molecular weight is 323 g/mol. The van der Waals surface area contributed by atoms with E-state index in [4.69, 9.17) is 11.6 Å². The average Bonchev–Trinajstić information content (AvgIpc) is 2.53. The summed E-state index contributed by atoms with van der Waals surface area (Å²) in [5.74, 6) is -0.642. The van der Waals surface area contributed by atoms with Crippen LogP contribution in [0.1, 0.15) is 15.9 Å². The lowest BCUT2D eigenvalue weighted by atomic mass is 10.2. The van der Waals surface area contributed by atoms with Crippen molar-refractivity contribution in [1.82, 2.24) is 9.97 Å². The van der Waals surface area contributed by atoms with E-state index in [1.54, 1.807) is 18.3 Å². The highest BCUT2D eigenvalue weighted by Crippen LogP contribution is 2.23. The first kappa shape index (κ1) is 15.6. The number of esters is 1. The van der Waals surface area contributed by atoms with Crippen molar-refractivity contribution in [3.05, 3.63) is 57.0 Å². The number of carbonyl (C=O) groups excluding carboxylic acids is 1. The maximum atomic E-state index is 11.4. The van der Waals surface area contributed by atoms with Crippen molar-refractivity contribution in [2.24, 2.45) is 0 Å². The molecule has 1 N–H and O–H groups in total. The van der Waals surface area contributed by atoms with E-state index in [9.17, 15) is 14.9 Å². The van der Waals surface area contributed by atoms with Gasteiger partial charge in [-0.25, -0.2) is 14.8 Å². The molecule has 0 unspecified atom stereocenters. The topological polar surface area (TPSA) is 107 Å². The van der Waals surface area contributed by atoms with Gasteiger partial charge in [-0.3, -0.25) is 10.1 Å². The lowest BCUT2D eigenvalue weighted by Gasteiger charge is -2.07. The molecule has 0 aliphatic carbocycles. The highest BCUT2D eigenvalue weighted by atomic mass is 35.5. The number of pyridine rings is 2. The van der Waals surface area contributed by atoms with Gasteiger partial charge < -0.3 is 10.1 Å². The number of carbonyl (C=O) groups is 1. The molecule has 0 amide bonds. The Labute approximate surface area is 130 Å². The number of methoxy groups -OCH3 is 1. The highest BCUT2D eigenvalue weighted by Gasteiger charge is 2.19. The largest absolute Gasteiger partial charge is 0.465 e. The molecule has 0 atom stereocenters. The molecule has 2 aromatic heterocycles. The number of nitrogens with zero attached hydrogens (tertiary/aromatic N) is 3. The number of aromatic nitrogens is 2. The van der Waals surface area contributed by atoms with Gasteiger partial charge in [0.15, 0.2) is 0 Å². The summed E-state index contributed by atoms with van der Waals surface area (Å²) < 4.78 is 4.51. The second-order valence-corrected chi connectivity index (χ2v) is 4.57. The third-order valence-corrected chi connectivity index (χ3v) is 2.96. The van der Waals surface area contributed by atoms with Crippen molar-refractivity contribution in [2.45, 2.75) is 6.54 Å². The predicted molar refractivity (Wildman–Crippen MR) is 78.8 cm³/mol. The van der Waals surface area contributed by atoms with Gasteiger partial charge in [-0.2, -0.15) is 0 Å². The van der Waals surface area contributed by atoms with Gasteiger partial charge in [-0.05, 0) is 11.6 Å². The van der Waals surface area contributed by atoms with E-state index in [1.165, 1.54) is 13.3 Å². The second-order valence-electron chi connectivity index (χ2n) is 4.18. The van der Waals surface area contributed by atoms with Gasteiger partial charge in [0.2, 0.25) is 5.82 Å². The van der Waals surface area contributed by atoms with Gasteiger partial charge in [0, 0.05) is 25.0 Å². The molecule has 2 aromatic rings. The molecule has 0 fully saturated rings. The van der Waals surface area contributed by atoms with Crippen LogP contribution in [0.3, 0.4) is 0 Å². The van der Waals surface area contributed by atoms with Crippen molar-refractivity contribution < 1.29 is 14.5 Å². The van der Waals surface area contributed by atoms with Crippen LogP contribution in [-0.2, 0) is 11.3 Å². The van der Waals surface area contributed by atoms with Crippen LogP contribution in [0.15, 0.2) is 30.6 Å². The van der Waals surface area contributed by atoms with Gasteiger partial charge in [-0.1, -0.05) is 17.7 Å². The fraction of sp³-hybridized carbons (Fsp3) is 0.154. The number of nitro groups is 1. The second kappa shape index (κ2) is 6.81. The molecule has 0 saturated carbocycles. The SMILES string of the molecule is COC(=O)c1cnc(NCc2ccc(Cl)nc2)c([N+](=O)[O-])c1. The van der Waals surface area contributed by atoms with Crippen LogP contribution in [0.4, 0.5) is 11.5 Å². The summed E-state index contributed by atoms with van der Waals surface area (Å²) in [7, 11) is 1.19. The number of halogens is 1. The molecule has 0 bridgehead atoms. The predicted octanol–water partition coefficient (Wildman–Crippen LogP) is 2.44. The first-order valence-corrected chi connectivity index (χ1v) is 6.46. The Kier molecular flexibility index (Phi) is 4.84. The molecular weight excluding hydrogens is 312 g/mol. The summed E-state index contributed by atoms with van der Waals surface area (Å²) in [6.45, 7) is 0.273. The summed E-state index contributed by atoms with van der Waals surface area (Å²) in [5, 5.41) is 14.3. The van der Waals surface area contributed by atoms with Gasteiger partial charge in [0.25, 0.3) is 0 Å². The zero-order chi connectivity index (χ0) is 16.1. The number of rotatable bonds is 5. The molecular formula is C13H11ClN4O4. The number of hydrogen-bond donors (Lipinski definition) is 1. The molecule has 0 saturated heterocycles. The molecule has 0 aliphatic rings. The summed E-state index contributed by atoms with van der Waals surface area (Å²) >= 11 is 5.68. The van der Waals surface area contributed by atoms with Gasteiger partial charge >= 0.3 is 11.7 Å². The van der Waals surface area contributed by atoms with Crippen molar-refractivity contribution in [2.75, 3.05) is 12.4 Å². The van der Waals surface area contributed by atoms with Crippen LogP contribution in [0.25, 0.3) is 0 Å². The van der Waals surface area contributed by atoms with Crippen LogP contribution >= 0.6 is 11.6 Å². The van der Waals surface area contributed by atoms with Crippen LogP contribution in [-0.4, -0.2) is 28.0 Å². The van der Waals surface area contributed by atoms with Crippen molar-refractivity contribution >= 4 is 29.1 Å². The molecule has 0 radical (unpaired) electrons. The smallest absolute Gasteiger partial charge is 0.339 e. The Morgan fingerprint density at radius 3 is 2.77 bits per heavy atom. The van der Waals surface area contributed by atoms with E-state index in [0.717, 1.165) is 11.6 Å². The normalized spacial score (nSPS) is 10.1. The van der Waals surface area contributed by atoms with Crippen molar-refractivity contribution in [3.63, 3.8) is 0 Å². The van der Waals surface area contributed by atoms with Crippen LogP contribution < -0.4 is 5.32 Å². The standard InChI is InChI=1S/C13H11ClN4O4/c1-22-13(19)9-4-10(18(20)21)12(17-7-9)16-6-8-2-3-11(14)15-5-8/h2-5,7H,6H2,1H3,(H,16,17). The maximum Gasteiger partial charge on any atom is 0.339 e. The van der Waals surface area contributed by atoms with E-state index >= 15 is 0 Å². The van der Waals surface area contributed by atoms with Crippen LogP contribution in [0.5, 0.6) is 0 Å². The molecule has 8 nitrogen and oxygen atoms in total. The fourth-order valence-electron chi connectivity index (χ4n) is 1.65. The Balaban J connectivity index is 2.21. The summed E-state index contributed by atoms with van der Waals surface area (Å²) in [5.41, 5.74) is 0.468. The Bertz CT molecular complexity index is 706. The van der Waals surface area contributed by atoms with Crippen LogP contribution in [0.2, 0.25) is 5.15 Å². The molecule has 114 valence electrons. The molecule has 22 heavy (non-hydrogen) atoms. The summed E-state index contributed by atoms with van der Waals surface area (Å²) in [4.78, 5) is 29.7. The first-order valence-electron chi connectivity index (χ1n) is 6.08. The van der Waals surface area contributed by atoms with Crippen LogP contribution in [0, 0.1) is 10.1 Å². The van der Waals surface area contributed by atoms with Gasteiger partial charge in [0.1, 0.15) is 5.15 Å². The Morgan fingerprint density at radius 1 is 1.41 bits per heavy atom. The van der Waals surface area contributed by atoms with E-state index in [-0.39, 0.29) is 23.6 Å². The summed E-state index contributed by atoms with van der Waals surface area (Å²) in [6, 6.07) is 4.46. The molecule has 9 heteroatoms. The zero-order valence-corrected chi connectivity index (χ0v) is 12.2. The zero-order valence-electron chi connectivity index (χ0n) is 11.4. The van der Waals surface area contributed by atoms with Crippen molar-refractivity contribution in [3.8, 4) is 0 Å². The van der Waals surface area contributed by atoms with E-state index in [0.29, 0.717) is 5.15 Å². The Hall–Kier alpha value is -2.74. The molecule has 2 heterocycles. The maximum absolute atomic E-state index is 11.4. The third kappa shape index (κ3) is 3.67.